The molecule has 0 aliphatic rings. The summed E-state index contributed by atoms with van der Waals surface area (Å²) in [5.41, 5.74) is 5.70. The van der Waals surface area contributed by atoms with E-state index in [0.717, 1.165) is 31.9 Å². The fourth-order valence-corrected chi connectivity index (χ4v) is 5.32. The van der Waals surface area contributed by atoms with E-state index in [-0.39, 0.29) is 0 Å². The SMILES string of the molecule is Cc1ccc(CCC(Sc2ncnc3scc(-c4ccc(C)cc4)c23)C(=O)O)cc1. The van der Waals surface area contributed by atoms with Crippen molar-refractivity contribution in [3.05, 3.63) is 76.9 Å². The topological polar surface area (TPSA) is 63.1 Å². The Balaban J connectivity index is 1.62. The van der Waals surface area contributed by atoms with Crippen molar-refractivity contribution < 1.29 is 9.90 Å². The molecule has 0 aliphatic carbocycles. The van der Waals surface area contributed by atoms with Crippen molar-refractivity contribution >= 4 is 39.3 Å². The number of benzene rings is 2. The number of hydrogen-bond acceptors (Lipinski definition) is 5. The highest BCUT2D eigenvalue weighted by molar-refractivity contribution is 8.00. The van der Waals surface area contributed by atoms with Gasteiger partial charge in [-0.05, 0) is 37.8 Å². The van der Waals surface area contributed by atoms with E-state index in [2.05, 4.69) is 70.8 Å². The second-order valence-electron chi connectivity index (χ2n) is 7.34. The molecule has 4 nitrogen and oxygen atoms in total. The molecule has 0 fully saturated rings. The van der Waals surface area contributed by atoms with E-state index in [1.165, 1.54) is 29.2 Å². The predicted molar refractivity (Wildman–Crippen MR) is 124 cm³/mol. The molecule has 0 saturated carbocycles. The molecule has 6 heteroatoms. The molecular weight excluding hydrogens is 412 g/mol. The molecule has 152 valence electrons. The summed E-state index contributed by atoms with van der Waals surface area (Å²) < 4.78 is 0. The van der Waals surface area contributed by atoms with E-state index >= 15 is 0 Å². The Hall–Kier alpha value is -2.70. The molecule has 2 aromatic carbocycles. The van der Waals surface area contributed by atoms with Gasteiger partial charge in [0.15, 0.2) is 0 Å². The van der Waals surface area contributed by atoms with Crippen LogP contribution < -0.4 is 0 Å². The average molecular weight is 435 g/mol. The smallest absolute Gasteiger partial charge is 0.317 e. The van der Waals surface area contributed by atoms with E-state index in [9.17, 15) is 9.90 Å². The molecule has 1 N–H and O–H groups in total. The van der Waals surface area contributed by atoms with Crippen LogP contribution in [0, 0.1) is 13.8 Å². The van der Waals surface area contributed by atoms with Crippen molar-refractivity contribution in [3.8, 4) is 11.1 Å². The Labute approximate surface area is 184 Å². The lowest BCUT2D eigenvalue weighted by atomic mass is 10.1. The molecule has 2 aromatic heterocycles. The van der Waals surface area contributed by atoms with E-state index in [1.54, 1.807) is 11.3 Å². The summed E-state index contributed by atoms with van der Waals surface area (Å²) in [6.07, 6.45) is 2.78. The maximum atomic E-state index is 12.0. The molecule has 0 saturated heterocycles. The quantitative estimate of drug-likeness (QED) is 0.279. The van der Waals surface area contributed by atoms with Crippen LogP contribution in [0.5, 0.6) is 0 Å². The summed E-state index contributed by atoms with van der Waals surface area (Å²) >= 11 is 2.88. The van der Waals surface area contributed by atoms with Crippen molar-refractivity contribution in [2.24, 2.45) is 0 Å². The van der Waals surface area contributed by atoms with Gasteiger partial charge in [-0.25, -0.2) is 9.97 Å². The van der Waals surface area contributed by atoms with Crippen LogP contribution in [0.4, 0.5) is 0 Å². The number of rotatable bonds is 7. The number of hydrogen-bond donors (Lipinski definition) is 1. The van der Waals surface area contributed by atoms with Gasteiger partial charge >= 0.3 is 5.97 Å². The van der Waals surface area contributed by atoms with Gasteiger partial charge in [0, 0.05) is 10.9 Å². The molecule has 4 aromatic rings. The monoisotopic (exact) mass is 434 g/mol. The Morgan fingerprint density at radius 2 is 1.70 bits per heavy atom. The van der Waals surface area contributed by atoms with E-state index in [4.69, 9.17) is 0 Å². The van der Waals surface area contributed by atoms with Crippen LogP contribution in [0.2, 0.25) is 0 Å². The highest BCUT2D eigenvalue weighted by atomic mass is 32.2. The lowest BCUT2D eigenvalue weighted by Crippen LogP contribution is -2.17. The fourth-order valence-electron chi connectivity index (χ4n) is 3.30. The molecule has 1 atom stereocenters. The molecule has 30 heavy (non-hydrogen) atoms. The Morgan fingerprint density at radius 1 is 1.03 bits per heavy atom. The summed E-state index contributed by atoms with van der Waals surface area (Å²) in [5.74, 6) is -0.814. The maximum Gasteiger partial charge on any atom is 0.317 e. The second kappa shape index (κ2) is 8.98. The number of carboxylic acids is 1. The number of carboxylic acid groups (broad SMARTS) is 1. The van der Waals surface area contributed by atoms with Crippen molar-refractivity contribution in [2.75, 3.05) is 0 Å². The zero-order chi connectivity index (χ0) is 21.1. The standard InChI is InChI=1S/C24H22N2O2S2/c1-15-3-7-17(8-4-15)9-12-20(24(27)28)30-23-21-19(13-29-22(21)25-14-26-23)18-10-5-16(2)6-11-18/h3-8,10-11,13-14,20H,9,12H2,1-2H3,(H,27,28). The first-order chi connectivity index (χ1) is 14.5. The van der Waals surface area contributed by atoms with Crippen molar-refractivity contribution in [2.45, 2.75) is 37.0 Å². The van der Waals surface area contributed by atoms with Crippen LogP contribution >= 0.6 is 23.1 Å². The van der Waals surface area contributed by atoms with E-state index < -0.39 is 11.2 Å². The van der Waals surface area contributed by atoms with Crippen molar-refractivity contribution in [1.29, 1.82) is 0 Å². The zero-order valence-electron chi connectivity index (χ0n) is 16.8. The van der Waals surface area contributed by atoms with Gasteiger partial charge in [-0.15, -0.1) is 11.3 Å². The van der Waals surface area contributed by atoms with E-state index in [1.807, 2.05) is 6.92 Å². The third-order valence-electron chi connectivity index (χ3n) is 5.04. The van der Waals surface area contributed by atoms with Gasteiger partial charge in [-0.2, -0.15) is 0 Å². The number of aryl methyl sites for hydroxylation is 3. The molecular formula is C24H22N2O2S2. The molecule has 4 rings (SSSR count). The normalized spacial score (nSPS) is 12.2. The first-order valence-corrected chi connectivity index (χ1v) is 11.5. The lowest BCUT2D eigenvalue weighted by molar-refractivity contribution is -0.136. The maximum absolute atomic E-state index is 12.0. The van der Waals surface area contributed by atoms with Crippen LogP contribution in [0.3, 0.4) is 0 Å². The first kappa shape index (κ1) is 20.6. The highest BCUT2D eigenvalue weighted by Gasteiger charge is 2.23. The highest BCUT2D eigenvalue weighted by Crippen LogP contribution is 2.39. The number of thiophene rings is 1. The molecule has 0 bridgehead atoms. The van der Waals surface area contributed by atoms with Crippen LogP contribution in [0.15, 0.2) is 65.3 Å². The second-order valence-corrected chi connectivity index (χ2v) is 9.39. The van der Waals surface area contributed by atoms with Gasteiger partial charge in [-0.3, -0.25) is 4.79 Å². The summed E-state index contributed by atoms with van der Waals surface area (Å²) in [6.45, 7) is 4.11. The number of nitrogens with zero attached hydrogens (tertiary/aromatic N) is 2. The first-order valence-electron chi connectivity index (χ1n) is 9.75. The Morgan fingerprint density at radius 3 is 2.37 bits per heavy atom. The van der Waals surface area contributed by atoms with E-state index in [0.29, 0.717) is 12.8 Å². The largest absolute Gasteiger partial charge is 0.480 e. The minimum absolute atomic E-state index is 0.540. The number of fused-ring (bicyclic) bond motifs is 1. The Kier molecular flexibility index (Phi) is 6.16. The molecule has 2 heterocycles. The van der Waals surface area contributed by atoms with Crippen molar-refractivity contribution in [3.63, 3.8) is 0 Å². The lowest BCUT2D eigenvalue weighted by Gasteiger charge is -2.13. The summed E-state index contributed by atoms with van der Waals surface area (Å²) in [6, 6.07) is 16.6. The number of thioether (sulfide) groups is 1. The molecule has 0 amide bonds. The van der Waals surface area contributed by atoms with Gasteiger partial charge < -0.3 is 5.11 Å². The van der Waals surface area contributed by atoms with Crippen LogP contribution in [-0.4, -0.2) is 26.3 Å². The van der Waals surface area contributed by atoms with Gasteiger partial charge in [0.25, 0.3) is 0 Å². The van der Waals surface area contributed by atoms with Crippen LogP contribution in [0.25, 0.3) is 21.3 Å². The summed E-state index contributed by atoms with van der Waals surface area (Å²) in [7, 11) is 0. The third-order valence-corrected chi connectivity index (χ3v) is 7.18. The molecule has 0 radical (unpaired) electrons. The third kappa shape index (κ3) is 4.55. The Bertz CT molecular complexity index is 1170. The van der Waals surface area contributed by atoms with Crippen LogP contribution in [0.1, 0.15) is 23.1 Å². The molecule has 0 aliphatic heterocycles. The average Bonchev–Trinajstić information content (AvgIpc) is 3.17. The van der Waals surface area contributed by atoms with Crippen LogP contribution in [-0.2, 0) is 11.2 Å². The van der Waals surface area contributed by atoms with Crippen molar-refractivity contribution in [1.82, 2.24) is 9.97 Å². The molecule has 1 unspecified atom stereocenters. The molecule has 0 spiro atoms. The zero-order valence-corrected chi connectivity index (χ0v) is 18.5. The van der Waals surface area contributed by atoms with Gasteiger partial charge in [0.05, 0.1) is 5.39 Å². The fraction of sp³-hybridized carbons (Fsp3) is 0.208. The predicted octanol–water partition coefficient (Wildman–Crippen LogP) is 6.15. The number of carbonyl (C=O) groups is 1. The minimum Gasteiger partial charge on any atom is -0.480 e. The summed E-state index contributed by atoms with van der Waals surface area (Å²) in [4.78, 5) is 21.7. The number of aromatic nitrogens is 2. The van der Waals surface area contributed by atoms with Gasteiger partial charge in [0.2, 0.25) is 0 Å². The summed E-state index contributed by atoms with van der Waals surface area (Å²) in [5, 5.41) is 13.0. The van der Waals surface area contributed by atoms with Gasteiger partial charge in [0.1, 0.15) is 21.4 Å². The number of aliphatic carboxylic acids is 1. The minimum atomic E-state index is -0.814. The van der Waals surface area contributed by atoms with Gasteiger partial charge in [-0.1, -0.05) is 71.4 Å².